The predicted octanol–water partition coefficient (Wildman–Crippen LogP) is 4.99. The number of Topliss-reactive ketones (excluding diaryl/α,β-unsaturated/α-hetero) is 1. The van der Waals surface area contributed by atoms with Crippen LogP contribution in [-0.4, -0.2) is 16.9 Å². The van der Waals surface area contributed by atoms with Crippen LogP contribution in [0.2, 0.25) is 5.02 Å². The standard InChI is InChI=1S/C18H13ClO3S/c1-10-6-7-11(18(21)22)8-12(10)9-14(20)17-16(19)13-4-2-3-5-15(13)23-17/h2-8H,9H2,1H3,(H,21,22). The van der Waals surface area contributed by atoms with Crippen molar-refractivity contribution in [1.82, 2.24) is 0 Å². The molecule has 23 heavy (non-hydrogen) atoms. The van der Waals surface area contributed by atoms with Crippen molar-refractivity contribution in [3.05, 3.63) is 69.1 Å². The summed E-state index contributed by atoms with van der Waals surface area (Å²) in [4.78, 5) is 24.2. The smallest absolute Gasteiger partial charge is 0.335 e. The molecule has 1 aromatic heterocycles. The molecule has 5 heteroatoms. The van der Waals surface area contributed by atoms with Gasteiger partial charge in [0.25, 0.3) is 0 Å². The number of thiophene rings is 1. The second kappa shape index (κ2) is 6.14. The van der Waals surface area contributed by atoms with Crippen LogP contribution < -0.4 is 0 Å². The Morgan fingerprint density at radius 2 is 1.91 bits per heavy atom. The van der Waals surface area contributed by atoms with E-state index in [1.807, 2.05) is 31.2 Å². The molecule has 0 saturated carbocycles. The Morgan fingerprint density at radius 3 is 2.61 bits per heavy atom. The van der Waals surface area contributed by atoms with E-state index in [2.05, 4.69) is 0 Å². The van der Waals surface area contributed by atoms with Gasteiger partial charge in [-0.15, -0.1) is 11.3 Å². The van der Waals surface area contributed by atoms with Crippen LogP contribution in [0, 0.1) is 6.92 Å². The van der Waals surface area contributed by atoms with Crippen molar-refractivity contribution in [3.63, 3.8) is 0 Å². The molecule has 2 aromatic carbocycles. The lowest BCUT2D eigenvalue weighted by atomic mass is 10.00. The fourth-order valence-corrected chi connectivity index (χ4v) is 3.92. The Morgan fingerprint density at radius 1 is 1.17 bits per heavy atom. The van der Waals surface area contributed by atoms with Gasteiger partial charge >= 0.3 is 5.97 Å². The minimum absolute atomic E-state index is 0.0955. The van der Waals surface area contributed by atoms with E-state index in [1.54, 1.807) is 12.1 Å². The number of carboxylic acids is 1. The number of carboxylic acid groups (broad SMARTS) is 1. The molecule has 0 spiro atoms. The Hall–Kier alpha value is -2.17. The molecule has 116 valence electrons. The molecular formula is C18H13ClO3S. The van der Waals surface area contributed by atoms with Crippen LogP contribution >= 0.6 is 22.9 Å². The molecule has 3 nitrogen and oxygen atoms in total. The highest BCUT2D eigenvalue weighted by atomic mass is 35.5. The Balaban J connectivity index is 1.96. The summed E-state index contributed by atoms with van der Waals surface area (Å²) in [6, 6.07) is 12.4. The van der Waals surface area contributed by atoms with Gasteiger partial charge < -0.3 is 5.11 Å². The molecule has 0 unspecified atom stereocenters. The molecular weight excluding hydrogens is 332 g/mol. The first-order valence-electron chi connectivity index (χ1n) is 7.00. The van der Waals surface area contributed by atoms with E-state index >= 15 is 0 Å². The SMILES string of the molecule is Cc1ccc(C(=O)O)cc1CC(=O)c1sc2ccccc2c1Cl. The van der Waals surface area contributed by atoms with Crippen LogP contribution in [0.4, 0.5) is 0 Å². The van der Waals surface area contributed by atoms with Crippen LogP contribution in [0.15, 0.2) is 42.5 Å². The number of rotatable bonds is 4. The van der Waals surface area contributed by atoms with Crippen molar-refractivity contribution in [3.8, 4) is 0 Å². The molecule has 1 N–H and O–H groups in total. The van der Waals surface area contributed by atoms with Crippen LogP contribution in [0.3, 0.4) is 0 Å². The first-order chi connectivity index (χ1) is 11.0. The number of aryl methyl sites for hydroxylation is 1. The number of aromatic carboxylic acids is 1. The van der Waals surface area contributed by atoms with E-state index in [-0.39, 0.29) is 17.8 Å². The molecule has 3 rings (SSSR count). The third kappa shape index (κ3) is 3.00. The molecule has 0 bridgehead atoms. The molecule has 0 saturated heterocycles. The third-order valence-electron chi connectivity index (χ3n) is 3.74. The molecule has 0 amide bonds. The van der Waals surface area contributed by atoms with Gasteiger partial charge in [-0.25, -0.2) is 4.79 Å². The summed E-state index contributed by atoms with van der Waals surface area (Å²) in [5, 5.41) is 10.4. The van der Waals surface area contributed by atoms with Gasteiger partial charge in [-0.1, -0.05) is 35.9 Å². The number of hydrogen-bond donors (Lipinski definition) is 1. The summed E-state index contributed by atoms with van der Waals surface area (Å²) in [7, 11) is 0. The maximum Gasteiger partial charge on any atom is 0.335 e. The molecule has 0 fully saturated rings. The summed E-state index contributed by atoms with van der Waals surface area (Å²) in [6.45, 7) is 1.86. The molecule has 0 aliphatic rings. The van der Waals surface area contributed by atoms with E-state index < -0.39 is 5.97 Å². The fourth-order valence-electron chi connectivity index (χ4n) is 2.44. The van der Waals surface area contributed by atoms with Crippen molar-refractivity contribution in [1.29, 1.82) is 0 Å². The van der Waals surface area contributed by atoms with Gasteiger partial charge in [-0.3, -0.25) is 4.79 Å². The first kappa shape index (κ1) is 15.7. The number of hydrogen-bond acceptors (Lipinski definition) is 3. The Labute approximate surface area is 142 Å². The quantitative estimate of drug-likeness (QED) is 0.678. The number of carbonyl (C=O) groups excluding carboxylic acids is 1. The van der Waals surface area contributed by atoms with Gasteiger partial charge in [0.05, 0.1) is 15.5 Å². The highest BCUT2D eigenvalue weighted by Gasteiger charge is 2.18. The largest absolute Gasteiger partial charge is 0.478 e. The lowest BCUT2D eigenvalue weighted by Gasteiger charge is -2.06. The summed E-state index contributed by atoms with van der Waals surface area (Å²) in [5.74, 6) is -1.10. The third-order valence-corrected chi connectivity index (χ3v) is 5.45. The second-order valence-electron chi connectivity index (χ2n) is 5.29. The van der Waals surface area contributed by atoms with Crippen LogP contribution in [0.5, 0.6) is 0 Å². The highest BCUT2D eigenvalue weighted by Crippen LogP contribution is 2.36. The van der Waals surface area contributed by atoms with E-state index in [0.717, 1.165) is 15.6 Å². The lowest BCUT2D eigenvalue weighted by Crippen LogP contribution is -2.06. The maximum absolute atomic E-state index is 12.6. The van der Waals surface area contributed by atoms with Crippen LogP contribution in [0.1, 0.15) is 31.2 Å². The lowest BCUT2D eigenvalue weighted by molar-refractivity contribution is 0.0696. The van der Waals surface area contributed by atoms with Crippen molar-refractivity contribution in [2.75, 3.05) is 0 Å². The fraction of sp³-hybridized carbons (Fsp3) is 0.111. The Kier molecular flexibility index (Phi) is 4.20. The van der Waals surface area contributed by atoms with Crippen molar-refractivity contribution >= 4 is 44.8 Å². The highest BCUT2D eigenvalue weighted by molar-refractivity contribution is 7.21. The average Bonchev–Trinajstić information content (AvgIpc) is 2.87. The number of carbonyl (C=O) groups is 2. The molecule has 0 aliphatic carbocycles. The number of ketones is 1. The Bertz CT molecular complexity index is 927. The topological polar surface area (TPSA) is 54.4 Å². The normalized spacial score (nSPS) is 10.9. The number of benzene rings is 2. The summed E-state index contributed by atoms with van der Waals surface area (Å²) >= 11 is 7.71. The molecule has 1 heterocycles. The van der Waals surface area contributed by atoms with Crippen molar-refractivity contribution in [2.24, 2.45) is 0 Å². The number of halogens is 1. The van der Waals surface area contributed by atoms with Gasteiger partial charge in [0.15, 0.2) is 5.78 Å². The monoisotopic (exact) mass is 344 g/mol. The zero-order valence-corrected chi connectivity index (χ0v) is 13.9. The molecule has 0 aliphatic heterocycles. The van der Waals surface area contributed by atoms with E-state index in [4.69, 9.17) is 16.7 Å². The molecule has 0 radical (unpaired) electrons. The van der Waals surface area contributed by atoms with E-state index in [1.165, 1.54) is 17.4 Å². The van der Waals surface area contributed by atoms with Crippen molar-refractivity contribution in [2.45, 2.75) is 13.3 Å². The zero-order valence-electron chi connectivity index (χ0n) is 12.3. The summed E-state index contributed by atoms with van der Waals surface area (Å²) in [6.07, 6.45) is 0.138. The van der Waals surface area contributed by atoms with Gasteiger partial charge in [0.1, 0.15) is 0 Å². The van der Waals surface area contributed by atoms with E-state index in [9.17, 15) is 9.59 Å². The minimum atomic E-state index is -1.00. The minimum Gasteiger partial charge on any atom is -0.478 e. The number of fused-ring (bicyclic) bond motifs is 1. The van der Waals surface area contributed by atoms with E-state index in [0.29, 0.717) is 15.5 Å². The summed E-state index contributed by atoms with van der Waals surface area (Å²) < 4.78 is 0.969. The maximum atomic E-state index is 12.6. The zero-order chi connectivity index (χ0) is 16.6. The summed E-state index contributed by atoms with van der Waals surface area (Å²) in [5.41, 5.74) is 1.78. The van der Waals surface area contributed by atoms with Crippen LogP contribution in [0.25, 0.3) is 10.1 Å². The average molecular weight is 345 g/mol. The molecule has 3 aromatic rings. The predicted molar refractivity (Wildman–Crippen MR) is 93.0 cm³/mol. The van der Waals surface area contributed by atoms with Gasteiger partial charge in [0, 0.05) is 16.5 Å². The first-order valence-corrected chi connectivity index (χ1v) is 8.20. The van der Waals surface area contributed by atoms with Crippen LogP contribution in [-0.2, 0) is 6.42 Å². The van der Waals surface area contributed by atoms with Gasteiger partial charge in [-0.2, -0.15) is 0 Å². The van der Waals surface area contributed by atoms with Gasteiger partial charge in [-0.05, 0) is 36.2 Å². The second-order valence-corrected chi connectivity index (χ2v) is 6.72. The van der Waals surface area contributed by atoms with Crippen molar-refractivity contribution < 1.29 is 14.7 Å². The molecule has 0 atom stereocenters. The van der Waals surface area contributed by atoms with Gasteiger partial charge in [0.2, 0.25) is 0 Å².